The van der Waals surface area contributed by atoms with Crippen molar-refractivity contribution in [3.05, 3.63) is 76.6 Å². The Hall–Kier alpha value is -3.63. The number of benzene rings is 3. The molecule has 8 nitrogen and oxygen atoms in total. The first-order valence-corrected chi connectivity index (χ1v) is 12.6. The quantitative estimate of drug-likeness (QED) is 0.307. The molecule has 190 valence electrons. The number of esters is 1. The molecule has 0 spiro atoms. The van der Waals surface area contributed by atoms with Gasteiger partial charge in [-0.2, -0.15) is 0 Å². The Kier molecular flexibility index (Phi) is 8.21. The number of phenols is 1. The molecule has 0 aromatic heterocycles. The van der Waals surface area contributed by atoms with Crippen molar-refractivity contribution in [2.24, 2.45) is 5.92 Å². The molecular weight excluding hydrogens is 513 g/mol. The first-order valence-electron chi connectivity index (χ1n) is 10.6. The molecule has 0 aliphatic heterocycles. The first-order chi connectivity index (χ1) is 16.9. The smallest absolute Gasteiger partial charge is 0.317 e. The molecule has 0 saturated carbocycles. The number of amides is 1. The van der Waals surface area contributed by atoms with Gasteiger partial charge in [0.25, 0.3) is 0 Å². The Morgan fingerprint density at radius 3 is 2.39 bits per heavy atom. The van der Waals surface area contributed by atoms with Crippen LogP contribution in [0.4, 0.5) is 10.1 Å². The SMILES string of the molecule is COC(=O)C(C)C(=O)Nc1cc(C)c(Oc2ccc(O)c(S(=O)(=O)Cc3ccc(F)cc3)c2)c(Cl)c1. The number of aryl methyl sites for hydroxylation is 1. The molecule has 0 aliphatic carbocycles. The topological polar surface area (TPSA) is 119 Å². The lowest BCUT2D eigenvalue weighted by atomic mass is 10.1. The van der Waals surface area contributed by atoms with E-state index in [2.05, 4.69) is 10.1 Å². The highest BCUT2D eigenvalue weighted by Crippen LogP contribution is 2.38. The zero-order chi connectivity index (χ0) is 26.6. The van der Waals surface area contributed by atoms with Gasteiger partial charge in [-0.15, -0.1) is 0 Å². The van der Waals surface area contributed by atoms with Gasteiger partial charge in [0.2, 0.25) is 5.91 Å². The molecule has 1 unspecified atom stereocenters. The molecule has 0 fully saturated rings. The number of hydrogen-bond acceptors (Lipinski definition) is 7. The third kappa shape index (κ3) is 6.32. The van der Waals surface area contributed by atoms with E-state index >= 15 is 0 Å². The van der Waals surface area contributed by atoms with Gasteiger partial charge < -0.3 is 19.9 Å². The van der Waals surface area contributed by atoms with Crippen molar-refractivity contribution in [2.75, 3.05) is 12.4 Å². The summed E-state index contributed by atoms with van der Waals surface area (Å²) in [7, 11) is -2.82. The van der Waals surface area contributed by atoms with Crippen LogP contribution in [0.2, 0.25) is 5.02 Å². The molecule has 36 heavy (non-hydrogen) atoms. The van der Waals surface area contributed by atoms with Crippen molar-refractivity contribution >= 4 is 39.0 Å². The van der Waals surface area contributed by atoms with Crippen LogP contribution in [0.3, 0.4) is 0 Å². The second-order valence-corrected chi connectivity index (χ2v) is 10.3. The highest BCUT2D eigenvalue weighted by atomic mass is 35.5. The van der Waals surface area contributed by atoms with E-state index in [1.165, 1.54) is 44.4 Å². The summed E-state index contributed by atoms with van der Waals surface area (Å²) in [4.78, 5) is 23.4. The van der Waals surface area contributed by atoms with Gasteiger partial charge in [0, 0.05) is 11.8 Å². The number of nitrogens with one attached hydrogen (secondary N) is 1. The van der Waals surface area contributed by atoms with E-state index in [1.807, 2.05) is 0 Å². The summed E-state index contributed by atoms with van der Waals surface area (Å²) in [6, 6.07) is 11.7. The van der Waals surface area contributed by atoms with Crippen molar-refractivity contribution in [2.45, 2.75) is 24.5 Å². The second kappa shape index (κ2) is 11.0. The number of rotatable bonds is 8. The largest absolute Gasteiger partial charge is 0.507 e. The van der Waals surface area contributed by atoms with E-state index in [1.54, 1.807) is 13.0 Å². The van der Waals surface area contributed by atoms with Crippen molar-refractivity contribution < 1.29 is 37.0 Å². The number of sulfone groups is 1. The van der Waals surface area contributed by atoms with E-state index in [-0.39, 0.29) is 21.4 Å². The zero-order valence-corrected chi connectivity index (χ0v) is 21.1. The summed E-state index contributed by atoms with van der Waals surface area (Å²) in [5.74, 6) is -3.43. The molecule has 0 heterocycles. The molecule has 0 bridgehead atoms. The first kappa shape index (κ1) is 27.0. The van der Waals surface area contributed by atoms with Crippen LogP contribution in [0.5, 0.6) is 17.2 Å². The number of phenolic OH excluding ortho intramolecular Hbond substituents is 1. The normalized spacial score (nSPS) is 12.0. The summed E-state index contributed by atoms with van der Waals surface area (Å²) in [5, 5.41) is 12.9. The fourth-order valence-corrected chi connectivity index (χ4v) is 5.04. The molecule has 0 radical (unpaired) electrons. The predicted octanol–water partition coefficient (Wildman–Crippen LogP) is 5.01. The number of aromatic hydroxyl groups is 1. The van der Waals surface area contributed by atoms with Gasteiger partial charge in [0.05, 0.1) is 17.9 Å². The number of hydrogen-bond donors (Lipinski definition) is 2. The van der Waals surface area contributed by atoms with Gasteiger partial charge in [-0.1, -0.05) is 23.7 Å². The number of ether oxygens (including phenoxy) is 2. The van der Waals surface area contributed by atoms with Gasteiger partial charge in [-0.3, -0.25) is 9.59 Å². The second-order valence-electron chi connectivity index (χ2n) is 7.96. The van der Waals surface area contributed by atoms with E-state index < -0.39 is 45.0 Å². The van der Waals surface area contributed by atoms with Gasteiger partial charge in [-0.25, -0.2) is 12.8 Å². The molecule has 1 atom stereocenters. The van der Waals surface area contributed by atoms with Gasteiger partial charge >= 0.3 is 5.97 Å². The fourth-order valence-electron chi connectivity index (χ4n) is 3.27. The van der Waals surface area contributed by atoms with Crippen LogP contribution in [0, 0.1) is 18.7 Å². The molecule has 1 amide bonds. The van der Waals surface area contributed by atoms with Crippen LogP contribution in [0.15, 0.2) is 59.5 Å². The highest BCUT2D eigenvalue weighted by Gasteiger charge is 2.24. The van der Waals surface area contributed by atoms with E-state index in [0.717, 1.165) is 18.2 Å². The molecule has 3 rings (SSSR count). The molecule has 3 aromatic carbocycles. The minimum atomic E-state index is -4.00. The molecule has 3 aromatic rings. The van der Waals surface area contributed by atoms with Crippen LogP contribution >= 0.6 is 11.6 Å². The standard InChI is InChI=1S/C25H23ClFNO7S/c1-14-10-18(28-24(30)15(2)25(31)34-3)11-20(26)23(14)35-19-8-9-21(29)22(12-19)36(32,33)13-16-4-6-17(27)7-5-16/h4-12,15,29H,13H2,1-3H3,(H,28,30). The van der Waals surface area contributed by atoms with Crippen LogP contribution < -0.4 is 10.1 Å². The Labute approximate surface area is 212 Å². The monoisotopic (exact) mass is 535 g/mol. The maximum Gasteiger partial charge on any atom is 0.317 e. The number of halogens is 2. The minimum Gasteiger partial charge on any atom is -0.507 e. The van der Waals surface area contributed by atoms with Gasteiger partial charge in [-0.05, 0) is 61.4 Å². The fraction of sp³-hybridized carbons (Fsp3) is 0.200. The molecule has 0 saturated heterocycles. The Morgan fingerprint density at radius 2 is 1.78 bits per heavy atom. The summed E-state index contributed by atoms with van der Waals surface area (Å²) in [6.45, 7) is 3.06. The van der Waals surface area contributed by atoms with Gasteiger partial charge in [0.1, 0.15) is 33.9 Å². The van der Waals surface area contributed by atoms with Crippen LogP contribution in [0.1, 0.15) is 18.1 Å². The maximum atomic E-state index is 13.1. The highest BCUT2D eigenvalue weighted by molar-refractivity contribution is 7.90. The third-order valence-corrected chi connectivity index (χ3v) is 7.19. The van der Waals surface area contributed by atoms with Crippen LogP contribution in [-0.2, 0) is 29.9 Å². The van der Waals surface area contributed by atoms with Crippen LogP contribution in [-0.4, -0.2) is 32.5 Å². The molecule has 2 N–H and O–H groups in total. The number of methoxy groups -OCH3 is 1. The van der Waals surface area contributed by atoms with E-state index in [0.29, 0.717) is 16.8 Å². The molecule has 11 heteroatoms. The van der Waals surface area contributed by atoms with Gasteiger partial charge in [0.15, 0.2) is 9.84 Å². The van der Waals surface area contributed by atoms with Crippen LogP contribution in [0.25, 0.3) is 0 Å². The number of carbonyl (C=O) groups is 2. The Morgan fingerprint density at radius 1 is 1.11 bits per heavy atom. The van der Waals surface area contributed by atoms with E-state index in [9.17, 15) is 27.5 Å². The summed E-state index contributed by atoms with van der Waals surface area (Å²) in [5.41, 5.74) is 1.17. The minimum absolute atomic E-state index is 0.0894. The van der Waals surface area contributed by atoms with Crippen molar-refractivity contribution in [3.8, 4) is 17.2 Å². The van der Waals surface area contributed by atoms with E-state index in [4.69, 9.17) is 16.3 Å². The third-order valence-electron chi connectivity index (χ3n) is 5.20. The average molecular weight is 536 g/mol. The molecular formula is C25H23ClFNO7S. The summed E-state index contributed by atoms with van der Waals surface area (Å²) < 4.78 is 49.3. The summed E-state index contributed by atoms with van der Waals surface area (Å²) >= 11 is 6.35. The lowest BCUT2D eigenvalue weighted by Crippen LogP contribution is -2.28. The number of carbonyl (C=O) groups excluding carboxylic acids is 2. The molecule has 0 aliphatic rings. The lowest BCUT2D eigenvalue weighted by Gasteiger charge is -2.15. The van der Waals surface area contributed by atoms with Crippen molar-refractivity contribution in [1.82, 2.24) is 0 Å². The Bertz CT molecular complexity index is 1390. The average Bonchev–Trinajstić information content (AvgIpc) is 2.82. The van der Waals surface area contributed by atoms with Crippen molar-refractivity contribution in [1.29, 1.82) is 0 Å². The van der Waals surface area contributed by atoms with Crippen molar-refractivity contribution in [3.63, 3.8) is 0 Å². The summed E-state index contributed by atoms with van der Waals surface area (Å²) in [6.07, 6.45) is 0. The zero-order valence-electron chi connectivity index (χ0n) is 19.5. The Balaban J connectivity index is 1.84. The predicted molar refractivity (Wildman–Crippen MR) is 131 cm³/mol. The maximum absolute atomic E-state index is 13.1. The number of anilines is 1. The lowest BCUT2D eigenvalue weighted by molar-refractivity contribution is -0.147.